The Morgan fingerprint density at radius 3 is 0.813 bits per heavy atom. The van der Waals surface area contributed by atoms with Crippen LogP contribution in [0.1, 0.15) is 278 Å². The zero-order chi connectivity index (χ0) is 54.3. The Bertz CT molecular complexity index is 1570. The van der Waals surface area contributed by atoms with E-state index in [9.17, 15) is 14.4 Å². The summed E-state index contributed by atoms with van der Waals surface area (Å²) in [5, 5.41) is 0. The van der Waals surface area contributed by atoms with Gasteiger partial charge in [-0.3, -0.25) is 14.4 Å². The molecule has 0 aliphatic heterocycles. The van der Waals surface area contributed by atoms with Gasteiger partial charge in [0.25, 0.3) is 0 Å². The van der Waals surface area contributed by atoms with E-state index in [0.29, 0.717) is 19.3 Å². The molecule has 0 saturated carbocycles. The molecule has 0 N–H and O–H groups in total. The molecule has 1 atom stereocenters. The summed E-state index contributed by atoms with van der Waals surface area (Å²) in [7, 11) is 0. The third kappa shape index (κ3) is 60.6. The topological polar surface area (TPSA) is 78.9 Å². The van der Waals surface area contributed by atoms with Gasteiger partial charge in [-0.25, -0.2) is 0 Å². The number of allylic oxidation sites excluding steroid dienone is 20. The van der Waals surface area contributed by atoms with Gasteiger partial charge in [0.2, 0.25) is 0 Å². The highest BCUT2D eigenvalue weighted by Gasteiger charge is 2.19. The molecule has 0 amide bonds. The molecule has 0 aromatic rings. The molecule has 6 nitrogen and oxygen atoms in total. The SMILES string of the molecule is CC/C=C\C/C=C\C/C=C\C/C=C\C/C=C\C/C=C\C/C=C\CCCCCCCCCC(=O)OCC(COC(=O)CCCCCCCCCCCCC)OC(=O)CCCCCCCCC/C=C\C/C=C\C/C=C\CC. The van der Waals surface area contributed by atoms with Crippen molar-refractivity contribution in [2.45, 2.75) is 284 Å². The van der Waals surface area contributed by atoms with Crippen molar-refractivity contribution in [3.63, 3.8) is 0 Å². The van der Waals surface area contributed by atoms with E-state index in [-0.39, 0.29) is 31.1 Å². The Labute approximate surface area is 462 Å². The Balaban J connectivity index is 4.31. The number of carbonyl (C=O) groups excluding carboxylic acids is 3. The van der Waals surface area contributed by atoms with E-state index in [2.05, 4.69) is 142 Å². The summed E-state index contributed by atoms with van der Waals surface area (Å²) < 4.78 is 16.9. The Morgan fingerprint density at radius 1 is 0.280 bits per heavy atom. The number of ether oxygens (including phenoxy) is 3. The Kier molecular flexibility index (Phi) is 58.9. The first-order chi connectivity index (χ1) is 37.0. The lowest BCUT2D eigenvalue weighted by Gasteiger charge is -2.18. The molecule has 0 rings (SSSR count). The first kappa shape index (κ1) is 70.8. The van der Waals surface area contributed by atoms with Gasteiger partial charge >= 0.3 is 17.9 Å². The van der Waals surface area contributed by atoms with Gasteiger partial charge < -0.3 is 14.2 Å². The Hall–Kier alpha value is -4.19. The van der Waals surface area contributed by atoms with Crippen molar-refractivity contribution in [3.05, 3.63) is 122 Å². The highest BCUT2D eigenvalue weighted by atomic mass is 16.6. The summed E-state index contributed by atoms with van der Waals surface area (Å²) in [5.41, 5.74) is 0. The highest BCUT2D eigenvalue weighted by molar-refractivity contribution is 5.71. The minimum Gasteiger partial charge on any atom is -0.462 e. The number of rotatable bonds is 55. The summed E-state index contributed by atoms with van der Waals surface area (Å²) in [6, 6.07) is 0. The molecule has 6 heteroatoms. The fraction of sp³-hybridized carbons (Fsp3) is 0.667. The molecule has 0 aromatic heterocycles. The molecule has 75 heavy (non-hydrogen) atoms. The van der Waals surface area contributed by atoms with Gasteiger partial charge in [0.1, 0.15) is 13.2 Å². The molecular formula is C69H114O6. The van der Waals surface area contributed by atoms with Gasteiger partial charge in [-0.1, -0.05) is 271 Å². The summed E-state index contributed by atoms with van der Waals surface area (Å²) in [6.45, 7) is 6.40. The van der Waals surface area contributed by atoms with Crippen LogP contribution in [0.5, 0.6) is 0 Å². The number of hydrogen-bond acceptors (Lipinski definition) is 6. The quantitative estimate of drug-likeness (QED) is 0.0261. The number of unbranched alkanes of at least 4 members (excludes halogenated alkanes) is 24. The molecule has 1 unspecified atom stereocenters. The first-order valence-corrected chi connectivity index (χ1v) is 31.0. The molecule has 0 heterocycles. The predicted molar refractivity (Wildman–Crippen MR) is 325 cm³/mol. The van der Waals surface area contributed by atoms with Gasteiger partial charge in [-0.2, -0.15) is 0 Å². The number of carbonyl (C=O) groups is 3. The third-order valence-electron chi connectivity index (χ3n) is 13.0. The molecule has 0 aromatic carbocycles. The van der Waals surface area contributed by atoms with Crippen LogP contribution in [-0.4, -0.2) is 37.2 Å². The second kappa shape index (κ2) is 62.4. The summed E-state index contributed by atoms with van der Waals surface area (Å²) in [5.74, 6) is -0.905. The van der Waals surface area contributed by atoms with Crippen LogP contribution < -0.4 is 0 Å². The normalized spacial score (nSPS) is 12.9. The molecule has 0 radical (unpaired) electrons. The van der Waals surface area contributed by atoms with Crippen LogP contribution >= 0.6 is 0 Å². The smallest absolute Gasteiger partial charge is 0.306 e. The van der Waals surface area contributed by atoms with Crippen LogP contribution in [0.25, 0.3) is 0 Å². The van der Waals surface area contributed by atoms with Crippen LogP contribution in [0.15, 0.2) is 122 Å². The molecular weight excluding hydrogens is 925 g/mol. The third-order valence-corrected chi connectivity index (χ3v) is 13.0. The molecule has 0 aliphatic rings. The lowest BCUT2D eigenvalue weighted by atomic mass is 10.1. The van der Waals surface area contributed by atoms with E-state index >= 15 is 0 Å². The van der Waals surface area contributed by atoms with Crippen molar-refractivity contribution in [3.8, 4) is 0 Å². The van der Waals surface area contributed by atoms with Crippen LogP contribution in [0.4, 0.5) is 0 Å². The molecule has 0 bridgehead atoms. The van der Waals surface area contributed by atoms with Crippen LogP contribution in [0.2, 0.25) is 0 Å². The maximum atomic E-state index is 12.9. The van der Waals surface area contributed by atoms with Crippen molar-refractivity contribution in [1.29, 1.82) is 0 Å². The fourth-order valence-electron chi connectivity index (χ4n) is 8.38. The van der Waals surface area contributed by atoms with Gasteiger partial charge in [-0.05, 0) is 109 Å². The van der Waals surface area contributed by atoms with Crippen molar-refractivity contribution in [2.24, 2.45) is 0 Å². The van der Waals surface area contributed by atoms with Crippen molar-refractivity contribution < 1.29 is 28.6 Å². The molecule has 0 aliphatic carbocycles. The maximum absolute atomic E-state index is 12.9. The minimum absolute atomic E-state index is 0.0856. The predicted octanol–water partition coefficient (Wildman–Crippen LogP) is 21.2. The fourth-order valence-corrected chi connectivity index (χ4v) is 8.38. The highest BCUT2D eigenvalue weighted by Crippen LogP contribution is 2.15. The van der Waals surface area contributed by atoms with Crippen LogP contribution in [0, 0.1) is 0 Å². The van der Waals surface area contributed by atoms with Crippen molar-refractivity contribution >= 4 is 17.9 Å². The standard InChI is InChI=1S/C69H114O6/c1-4-7-10-13-16-19-22-24-26-28-29-30-31-32-33-34-35-36-37-38-39-41-42-44-47-50-53-56-59-62-68(71)74-65-66(64-73-67(70)61-58-55-52-49-46-21-18-15-12-9-6-3)75-69(72)63-60-57-54-51-48-45-43-40-27-25-23-20-17-14-11-8-5-2/h7-8,10-11,16-17,19-20,24-27,29-30,32-33,35-36,38-39,66H,4-6,9,12-15,18,21-23,28,31,34,37,40-65H2,1-3H3/b10-7-,11-8-,19-16-,20-17-,26-24-,27-25-,30-29-,33-32-,36-35-,39-38-. The second-order valence-electron chi connectivity index (χ2n) is 20.2. The van der Waals surface area contributed by atoms with E-state index in [4.69, 9.17) is 14.2 Å². The van der Waals surface area contributed by atoms with Crippen LogP contribution in [0.3, 0.4) is 0 Å². The van der Waals surface area contributed by atoms with E-state index in [0.717, 1.165) is 135 Å². The second-order valence-corrected chi connectivity index (χ2v) is 20.2. The van der Waals surface area contributed by atoms with E-state index in [1.807, 2.05) is 0 Å². The summed E-state index contributed by atoms with van der Waals surface area (Å²) >= 11 is 0. The summed E-state index contributed by atoms with van der Waals surface area (Å²) in [6.07, 6.45) is 86.3. The zero-order valence-electron chi connectivity index (χ0n) is 48.8. The van der Waals surface area contributed by atoms with Gasteiger partial charge in [0, 0.05) is 19.3 Å². The van der Waals surface area contributed by atoms with Gasteiger partial charge in [-0.15, -0.1) is 0 Å². The van der Waals surface area contributed by atoms with Gasteiger partial charge in [0.05, 0.1) is 0 Å². The molecule has 426 valence electrons. The molecule has 0 saturated heterocycles. The monoisotopic (exact) mass is 1040 g/mol. The number of hydrogen-bond donors (Lipinski definition) is 0. The van der Waals surface area contributed by atoms with E-state index in [1.165, 1.54) is 103 Å². The lowest BCUT2D eigenvalue weighted by Crippen LogP contribution is -2.30. The van der Waals surface area contributed by atoms with Crippen molar-refractivity contribution in [2.75, 3.05) is 13.2 Å². The minimum atomic E-state index is -0.790. The Morgan fingerprint density at radius 2 is 0.520 bits per heavy atom. The largest absolute Gasteiger partial charge is 0.462 e. The maximum Gasteiger partial charge on any atom is 0.306 e. The molecule has 0 spiro atoms. The van der Waals surface area contributed by atoms with E-state index in [1.54, 1.807) is 0 Å². The first-order valence-electron chi connectivity index (χ1n) is 31.0. The van der Waals surface area contributed by atoms with Crippen LogP contribution in [-0.2, 0) is 28.6 Å². The summed E-state index contributed by atoms with van der Waals surface area (Å²) in [4.78, 5) is 38.2. The van der Waals surface area contributed by atoms with E-state index < -0.39 is 6.10 Å². The average Bonchev–Trinajstić information content (AvgIpc) is 3.41. The molecule has 0 fully saturated rings. The van der Waals surface area contributed by atoms with Crippen molar-refractivity contribution in [1.82, 2.24) is 0 Å². The lowest BCUT2D eigenvalue weighted by molar-refractivity contribution is -0.167. The zero-order valence-corrected chi connectivity index (χ0v) is 48.8. The average molecular weight is 1040 g/mol. The number of esters is 3. The van der Waals surface area contributed by atoms with Gasteiger partial charge in [0.15, 0.2) is 6.10 Å².